The van der Waals surface area contributed by atoms with Crippen LogP contribution in [-0.2, 0) is 16.1 Å². The lowest BCUT2D eigenvalue weighted by Crippen LogP contribution is -2.50. The summed E-state index contributed by atoms with van der Waals surface area (Å²) < 4.78 is 5.77. The van der Waals surface area contributed by atoms with Crippen molar-refractivity contribution in [1.29, 1.82) is 0 Å². The topological polar surface area (TPSA) is 61.9 Å². The zero-order chi connectivity index (χ0) is 18.5. The summed E-state index contributed by atoms with van der Waals surface area (Å²) in [6.07, 6.45) is -0.637. The highest BCUT2D eigenvalue weighted by Crippen LogP contribution is 2.33. The molecule has 0 bridgehead atoms. The van der Waals surface area contributed by atoms with Crippen LogP contribution in [0.3, 0.4) is 0 Å². The molecule has 0 fully saturated rings. The summed E-state index contributed by atoms with van der Waals surface area (Å²) in [6.45, 7) is 1.07. The number of fused-ring (bicyclic) bond motifs is 1. The van der Waals surface area contributed by atoms with Gasteiger partial charge in [-0.3, -0.25) is 9.59 Å². The van der Waals surface area contributed by atoms with Gasteiger partial charge in [-0.05, 0) is 17.7 Å². The van der Waals surface area contributed by atoms with Gasteiger partial charge < -0.3 is 19.9 Å². The van der Waals surface area contributed by atoms with Crippen LogP contribution < -0.4 is 15.0 Å². The Kier molecular flexibility index (Phi) is 5.41. The Hall–Kier alpha value is -3.02. The minimum atomic E-state index is -0.637. The van der Waals surface area contributed by atoms with E-state index in [0.717, 1.165) is 11.3 Å². The van der Waals surface area contributed by atoms with Gasteiger partial charge in [0, 0.05) is 20.6 Å². The molecule has 136 valence electrons. The number of benzene rings is 2. The molecule has 2 aromatic rings. The van der Waals surface area contributed by atoms with Crippen LogP contribution in [0, 0.1) is 0 Å². The van der Waals surface area contributed by atoms with Crippen LogP contribution in [0.25, 0.3) is 0 Å². The highest BCUT2D eigenvalue weighted by Gasteiger charge is 2.31. The fourth-order valence-corrected chi connectivity index (χ4v) is 2.98. The van der Waals surface area contributed by atoms with E-state index in [1.54, 1.807) is 19.0 Å². The molecule has 0 unspecified atom stereocenters. The van der Waals surface area contributed by atoms with E-state index in [2.05, 4.69) is 5.32 Å². The average molecular weight is 353 g/mol. The molecule has 26 heavy (non-hydrogen) atoms. The molecular weight excluding hydrogens is 330 g/mol. The van der Waals surface area contributed by atoms with Crippen molar-refractivity contribution >= 4 is 17.5 Å². The Morgan fingerprint density at radius 2 is 1.85 bits per heavy atom. The normalized spacial score (nSPS) is 15.6. The lowest BCUT2D eigenvalue weighted by atomic mass is 10.1. The van der Waals surface area contributed by atoms with Crippen molar-refractivity contribution in [3.63, 3.8) is 0 Å². The van der Waals surface area contributed by atoms with E-state index in [1.165, 1.54) is 0 Å². The van der Waals surface area contributed by atoms with Crippen molar-refractivity contribution < 1.29 is 14.3 Å². The minimum Gasteiger partial charge on any atom is -0.477 e. The molecule has 1 heterocycles. The molecule has 1 N–H and O–H groups in total. The molecule has 6 nitrogen and oxygen atoms in total. The monoisotopic (exact) mass is 353 g/mol. The van der Waals surface area contributed by atoms with E-state index in [1.807, 2.05) is 59.5 Å². The van der Waals surface area contributed by atoms with Crippen LogP contribution in [0.4, 0.5) is 5.69 Å². The van der Waals surface area contributed by atoms with E-state index >= 15 is 0 Å². The molecule has 0 saturated carbocycles. The Bertz CT molecular complexity index is 779. The SMILES string of the molecule is CNC(=O)[C@H]1CN(CC(=O)N(C)Cc2ccccc2)c2ccccc2O1. The number of hydrogen-bond donors (Lipinski definition) is 1. The summed E-state index contributed by atoms with van der Waals surface area (Å²) in [5.41, 5.74) is 1.91. The zero-order valence-corrected chi connectivity index (χ0v) is 15.0. The Morgan fingerprint density at radius 3 is 2.58 bits per heavy atom. The number of rotatable bonds is 5. The predicted octanol–water partition coefficient (Wildman–Crippen LogP) is 1.66. The largest absolute Gasteiger partial charge is 0.477 e. The first-order chi connectivity index (χ1) is 12.6. The summed E-state index contributed by atoms with van der Waals surface area (Å²) >= 11 is 0. The van der Waals surface area contributed by atoms with Gasteiger partial charge in [0.1, 0.15) is 5.75 Å². The number of hydrogen-bond acceptors (Lipinski definition) is 4. The molecule has 1 aliphatic rings. The van der Waals surface area contributed by atoms with Crippen LogP contribution in [-0.4, -0.2) is 50.0 Å². The van der Waals surface area contributed by atoms with E-state index in [-0.39, 0.29) is 18.4 Å². The second kappa shape index (κ2) is 7.91. The van der Waals surface area contributed by atoms with Gasteiger partial charge in [-0.2, -0.15) is 0 Å². The van der Waals surface area contributed by atoms with Crippen molar-refractivity contribution in [3.8, 4) is 5.75 Å². The summed E-state index contributed by atoms with van der Waals surface area (Å²) in [5.74, 6) is 0.404. The van der Waals surface area contributed by atoms with E-state index in [0.29, 0.717) is 18.8 Å². The molecular formula is C20H23N3O3. The summed E-state index contributed by atoms with van der Waals surface area (Å²) in [4.78, 5) is 28.3. The lowest BCUT2D eigenvalue weighted by molar-refractivity contribution is -0.130. The highest BCUT2D eigenvalue weighted by molar-refractivity contribution is 5.86. The second-order valence-corrected chi connectivity index (χ2v) is 6.30. The molecule has 0 aliphatic carbocycles. The Labute approximate surface area is 153 Å². The maximum absolute atomic E-state index is 12.7. The molecule has 2 amide bonds. The minimum absolute atomic E-state index is 0.0128. The number of nitrogens with zero attached hydrogens (tertiary/aromatic N) is 2. The molecule has 0 aromatic heterocycles. The van der Waals surface area contributed by atoms with Crippen LogP contribution in [0.1, 0.15) is 5.56 Å². The van der Waals surface area contributed by atoms with Crippen LogP contribution in [0.5, 0.6) is 5.75 Å². The van der Waals surface area contributed by atoms with Crippen molar-refractivity contribution in [2.24, 2.45) is 0 Å². The van der Waals surface area contributed by atoms with Crippen molar-refractivity contribution in [2.75, 3.05) is 32.1 Å². The number of carbonyl (C=O) groups excluding carboxylic acids is 2. The summed E-state index contributed by atoms with van der Waals surface area (Å²) in [7, 11) is 3.37. The number of ether oxygens (including phenoxy) is 1. The summed E-state index contributed by atoms with van der Waals surface area (Å²) in [6, 6.07) is 17.3. The molecule has 1 aliphatic heterocycles. The number of likely N-dealkylation sites (N-methyl/N-ethyl adjacent to an activating group) is 2. The molecule has 6 heteroatoms. The van der Waals surface area contributed by atoms with E-state index in [9.17, 15) is 9.59 Å². The quantitative estimate of drug-likeness (QED) is 0.888. The third kappa shape index (κ3) is 3.96. The number of para-hydroxylation sites is 2. The maximum atomic E-state index is 12.7. The fourth-order valence-electron chi connectivity index (χ4n) is 2.98. The van der Waals surface area contributed by atoms with Crippen molar-refractivity contribution in [3.05, 3.63) is 60.2 Å². The molecule has 0 radical (unpaired) electrons. The second-order valence-electron chi connectivity index (χ2n) is 6.30. The van der Waals surface area contributed by atoms with Gasteiger partial charge in [-0.1, -0.05) is 42.5 Å². The van der Waals surface area contributed by atoms with Crippen LogP contribution >= 0.6 is 0 Å². The van der Waals surface area contributed by atoms with Gasteiger partial charge in [0.15, 0.2) is 6.10 Å². The first kappa shape index (κ1) is 17.8. The lowest BCUT2D eigenvalue weighted by Gasteiger charge is -2.35. The number of anilines is 1. The highest BCUT2D eigenvalue weighted by atomic mass is 16.5. The third-order valence-electron chi connectivity index (χ3n) is 4.41. The van der Waals surface area contributed by atoms with Crippen LogP contribution in [0.15, 0.2) is 54.6 Å². The van der Waals surface area contributed by atoms with Gasteiger partial charge in [0.05, 0.1) is 18.8 Å². The zero-order valence-electron chi connectivity index (χ0n) is 15.0. The molecule has 2 aromatic carbocycles. The predicted molar refractivity (Wildman–Crippen MR) is 100 cm³/mol. The first-order valence-electron chi connectivity index (χ1n) is 8.58. The molecule has 1 atom stereocenters. The van der Waals surface area contributed by atoms with Gasteiger partial charge in [-0.25, -0.2) is 0 Å². The standard InChI is InChI=1S/C20H23N3O3/c1-21-20(25)18-13-23(16-10-6-7-11-17(16)26-18)14-19(24)22(2)12-15-8-4-3-5-9-15/h3-11,18H,12-14H2,1-2H3,(H,21,25)/t18-/m1/s1. The van der Waals surface area contributed by atoms with E-state index in [4.69, 9.17) is 4.74 Å². The van der Waals surface area contributed by atoms with Gasteiger partial charge in [0.25, 0.3) is 5.91 Å². The molecule has 0 saturated heterocycles. The van der Waals surface area contributed by atoms with Crippen molar-refractivity contribution in [2.45, 2.75) is 12.6 Å². The maximum Gasteiger partial charge on any atom is 0.262 e. The third-order valence-corrected chi connectivity index (χ3v) is 4.41. The first-order valence-corrected chi connectivity index (χ1v) is 8.58. The smallest absolute Gasteiger partial charge is 0.262 e. The fraction of sp³-hybridized carbons (Fsp3) is 0.300. The van der Waals surface area contributed by atoms with Crippen molar-refractivity contribution in [1.82, 2.24) is 10.2 Å². The van der Waals surface area contributed by atoms with Gasteiger partial charge in [0.2, 0.25) is 5.91 Å². The Morgan fingerprint density at radius 1 is 1.15 bits per heavy atom. The molecule has 0 spiro atoms. The average Bonchev–Trinajstić information content (AvgIpc) is 2.67. The van der Waals surface area contributed by atoms with Crippen LogP contribution in [0.2, 0.25) is 0 Å². The molecule has 3 rings (SSSR count). The van der Waals surface area contributed by atoms with Gasteiger partial charge in [-0.15, -0.1) is 0 Å². The van der Waals surface area contributed by atoms with E-state index < -0.39 is 6.10 Å². The number of amides is 2. The number of nitrogens with one attached hydrogen (secondary N) is 1. The van der Waals surface area contributed by atoms with Gasteiger partial charge >= 0.3 is 0 Å². The Balaban J connectivity index is 1.72. The summed E-state index contributed by atoms with van der Waals surface area (Å²) in [5, 5.41) is 2.61. The number of carbonyl (C=O) groups is 2.